The maximum Gasteiger partial charge on any atom is 0.311 e. The van der Waals surface area contributed by atoms with E-state index in [-0.39, 0.29) is 24.0 Å². The van der Waals surface area contributed by atoms with Gasteiger partial charge in [-0.05, 0) is 48.1 Å². The first-order valence-electron chi connectivity index (χ1n) is 12.0. The van der Waals surface area contributed by atoms with E-state index < -0.39 is 0 Å². The van der Waals surface area contributed by atoms with Gasteiger partial charge < -0.3 is 10.1 Å². The van der Waals surface area contributed by atoms with Gasteiger partial charge in [0.25, 0.3) is 0 Å². The van der Waals surface area contributed by atoms with Crippen LogP contribution in [-0.2, 0) is 16.1 Å². The van der Waals surface area contributed by atoms with E-state index in [9.17, 15) is 4.79 Å². The number of carbonyl (C=O) groups excluding carboxylic acids is 1. The summed E-state index contributed by atoms with van der Waals surface area (Å²) in [6.07, 6.45) is 4.16. The molecular weight excluding hydrogens is 382 g/mol. The Morgan fingerprint density at radius 2 is 1.68 bits per heavy atom. The van der Waals surface area contributed by atoms with Crippen molar-refractivity contribution in [3.8, 4) is 0 Å². The molecule has 0 saturated heterocycles. The van der Waals surface area contributed by atoms with Gasteiger partial charge in [0, 0.05) is 12.6 Å². The van der Waals surface area contributed by atoms with Crippen molar-refractivity contribution in [3.63, 3.8) is 0 Å². The number of benzene rings is 2. The van der Waals surface area contributed by atoms with Crippen LogP contribution in [0.25, 0.3) is 0 Å². The zero-order valence-corrected chi connectivity index (χ0v) is 19.6. The van der Waals surface area contributed by atoms with Crippen LogP contribution < -0.4 is 5.32 Å². The molecule has 168 valence electrons. The Balaban J connectivity index is 1.77. The predicted molar refractivity (Wildman–Crippen MR) is 127 cm³/mol. The minimum absolute atomic E-state index is 0.0378. The fourth-order valence-electron chi connectivity index (χ4n) is 5.00. The number of carbonyl (C=O) groups is 1. The summed E-state index contributed by atoms with van der Waals surface area (Å²) >= 11 is 0. The Hall–Kier alpha value is -2.13. The predicted octanol–water partition coefficient (Wildman–Crippen LogP) is 6.55. The van der Waals surface area contributed by atoms with Gasteiger partial charge in [0.15, 0.2) is 0 Å². The van der Waals surface area contributed by atoms with Crippen molar-refractivity contribution in [1.82, 2.24) is 5.32 Å². The Labute approximate surface area is 188 Å². The Morgan fingerprint density at radius 1 is 1.03 bits per heavy atom. The average Bonchev–Trinajstić information content (AvgIpc) is 2.77. The topological polar surface area (TPSA) is 38.3 Å². The monoisotopic (exact) mass is 421 g/mol. The van der Waals surface area contributed by atoms with Gasteiger partial charge in [0.05, 0.1) is 5.92 Å². The standard InChI is InChI=1S/C28H39NO2/c1-5-24(28(30)31-26-18-21(4)16-17-25(26)20(2)3)27(23-14-10-7-11-15-23)29-19-22-12-8-6-9-13-22/h6-15,20-21,24-27,29H,5,16-19H2,1-4H3/t21-,24-,25+,26-,27+/m1/s1. The van der Waals surface area contributed by atoms with Crippen molar-refractivity contribution in [3.05, 3.63) is 71.8 Å². The fraction of sp³-hybridized carbons (Fsp3) is 0.536. The Bertz CT molecular complexity index is 789. The SMILES string of the molecule is CC[C@@H](C(=O)O[C@@H]1C[C@H](C)CC[C@H]1C(C)C)[C@@H](NCc1ccccc1)c1ccccc1. The number of hydrogen-bond acceptors (Lipinski definition) is 3. The van der Waals surface area contributed by atoms with Gasteiger partial charge in [-0.3, -0.25) is 4.79 Å². The molecule has 1 fully saturated rings. The zero-order chi connectivity index (χ0) is 22.2. The molecule has 5 atom stereocenters. The summed E-state index contributed by atoms with van der Waals surface area (Å²) in [7, 11) is 0. The highest BCUT2D eigenvalue weighted by Gasteiger charge is 2.36. The summed E-state index contributed by atoms with van der Waals surface area (Å²) < 4.78 is 6.26. The molecule has 0 heterocycles. The second-order valence-electron chi connectivity index (χ2n) is 9.57. The smallest absolute Gasteiger partial charge is 0.311 e. The maximum atomic E-state index is 13.5. The number of nitrogens with one attached hydrogen (secondary N) is 1. The van der Waals surface area contributed by atoms with Gasteiger partial charge in [-0.2, -0.15) is 0 Å². The molecule has 1 saturated carbocycles. The van der Waals surface area contributed by atoms with Crippen molar-refractivity contribution in [2.75, 3.05) is 0 Å². The van der Waals surface area contributed by atoms with Crippen LogP contribution in [0.1, 0.15) is 70.5 Å². The van der Waals surface area contributed by atoms with Crippen molar-refractivity contribution >= 4 is 5.97 Å². The van der Waals surface area contributed by atoms with Crippen LogP contribution in [-0.4, -0.2) is 12.1 Å². The zero-order valence-electron chi connectivity index (χ0n) is 19.6. The molecule has 0 amide bonds. The molecule has 2 aromatic rings. The van der Waals surface area contributed by atoms with Gasteiger partial charge in [-0.15, -0.1) is 0 Å². The molecule has 0 radical (unpaired) electrons. The number of ether oxygens (including phenoxy) is 1. The van der Waals surface area contributed by atoms with Gasteiger partial charge in [-0.25, -0.2) is 0 Å². The second-order valence-corrected chi connectivity index (χ2v) is 9.57. The second kappa shape index (κ2) is 11.5. The van der Waals surface area contributed by atoms with Crippen molar-refractivity contribution in [1.29, 1.82) is 0 Å². The lowest BCUT2D eigenvalue weighted by Gasteiger charge is -2.38. The highest BCUT2D eigenvalue weighted by molar-refractivity contribution is 5.74. The maximum absolute atomic E-state index is 13.5. The molecule has 1 aliphatic rings. The van der Waals surface area contributed by atoms with E-state index in [4.69, 9.17) is 4.74 Å². The van der Waals surface area contributed by atoms with E-state index in [0.29, 0.717) is 17.8 Å². The molecule has 3 rings (SSSR count). The van der Waals surface area contributed by atoms with Crippen LogP contribution in [0.5, 0.6) is 0 Å². The van der Waals surface area contributed by atoms with E-state index in [1.165, 1.54) is 12.0 Å². The molecule has 1 N–H and O–H groups in total. The Morgan fingerprint density at radius 3 is 2.29 bits per heavy atom. The summed E-state index contributed by atoms with van der Waals surface area (Å²) in [5.41, 5.74) is 2.35. The van der Waals surface area contributed by atoms with E-state index >= 15 is 0 Å². The van der Waals surface area contributed by atoms with Crippen molar-refractivity contribution in [2.24, 2.45) is 23.7 Å². The van der Waals surface area contributed by atoms with Crippen LogP contribution in [0, 0.1) is 23.7 Å². The molecule has 0 aliphatic heterocycles. The lowest BCUT2D eigenvalue weighted by molar-refractivity contribution is -0.162. The molecular formula is C28H39NO2. The highest BCUT2D eigenvalue weighted by Crippen LogP contribution is 2.37. The average molecular weight is 422 g/mol. The van der Waals surface area contributed by atoms with Crippen LogP contribution in [0.3, 0.4) is 0 Å². The lowest BCUT2D eigenvalue weighted by Crippen LogP contribution is -2.40. The normalized spacial score (nSPS) is 23.3. The molecule has 0 unspecified atom stereocenters. The summed E-state index contributed by atoms with van der Waals surface area (Å²) in [5.74, 6) is 1.35. The van der Waals surface area contributed by atoms with E-state index in [2.05, 4.69) is 69.4 Å². The molecule has 0 spiro atoms. The first-order chi connectivity index (χ1) is 15.0. The molecule has 0 aromatic heterocycles. The minimum atomic E-state index is -0.212. The first kappa shape index (κ1) is 23.5. The molecule has 3 heteroatoms. The van der Waals surface area contributed by atoms with E-state index in [1.54, 1.807) is 0 Å². The summed E-state index contributed by atoms with van der Waals surface area (Å²) in [6, 6.07) is 20.6. The van der Waals surface area contributed by atoms with E-state index in [1.807, 2.05) is 24.3 Å². The van der Waals surface area contributed by atoms with Gasteiger partial charge in [-0.1, -0.05) is 94.8 Å². The molecule has 1 aliphatic carbocycles. The summed E-state index contributed by atoms with van der Waals surface area (Å²) in [4.78, 5) is 13.5. The molecule has 2 aromatic carbocycles. The quantitative estimate of drug-likeness (QED) is 0.467. The molecule has 0 bridgehead atoms. The third-order valence-electron chi connectivity index (χ3n) is 6.90. The number of rotatable bonds is 9. The Kier molecular flexibility index (Phi) is 8.71. The largest absolute Gasteiger partial charge is 0.462 e. The lowest BCUT2D eigenvalue weighted by atomic mass is 9.75. The minimum Gasteiger partial charge on any atom is -0.462 e. The number of esters is 1. The van der Waals surface area contributed by atoms with Gasteiger partial charge in [0.2, 0.25) is 0 Å². The van der Waals surface area contributed by atoms with Crippen molar-refractivity contribution < 1.29 is 9.53 Å². The van der Waals surface area contributed by atoms with Crippen LogP contribution in [0.15, 0.2) is 60.7 Å². The third-order valence-corrected chi connectivity index (χ3v) is 6.90. The summed E-state index contributed by atoms with van der Waals surface area (Å²) in [6.45, 7) is 9.61. The van der Waals surface area contributed by atoms with Gasteiger partial charge in [0.1, 0.15) is 6.10 Å². The van der Waals surface area contributed by atoms with Crippen molar-refractivity contribution in [2.45, 2.75) is 72.1 Å². The van der Waals surface area contributed by atoms with Crippen LogP contribution in [0.4, 0.5) is 0 Å². The third kappa shape index (κ3) is 6.43. The van der Waals surface area contributed by atoms with E-state index in [0.717, 1.165) is 31.4 Å². The van der Waals surface area contributed by atoms with Crippen LogP contribution in [0.2, 0.25) is 0 Å². The van der Waals surface area contributed by atoms with Crippen LogP contribution >= 0.6 is 0 Å². The summed E-state index contributed by atoms with van der Waals surface area (Å²) in [5, 5.41) is 3.66. The first-order valence-corrected chi connectivity index (χ1v) is 12.0. The fourth-order valence-corrected chi connectivity index (χ4v) is 5.00. The van der Waals surface area contributed by atoms with Gasteiger partial charge >= 0.3 is 5.97 Å². The molecule has 3 nitrogen and oxygen atoms in total. The molecule has 31 heavy (non-hydrogen) atoms. The highest BCUT2D eigenvalue weighted by atomic mass is 16.5. The number of hydrogen-bond donors (Lipinski definition) is 1.